The highest BCUT2D eigenvalue weighted by Crippen LogP contribution is 2.27. The molecule has 2 aromatic carbocycles. The van der Waals surface area contributed by atoms with Gasteiger partial charge in [-0.05, 0) is 56.5 Å². The predicted molar refractivity (Wildman–Crippen MR) is 126 cm³/mol. The van der Waals surface area contributed by atoms with Crippen LogP contribution in [0.1, 0.15) is 47.3 Å². The molecule has 0 aromatic heterocycles. The van der Waals surface area contributed by atoms with Crippen LogP contribution in [0.5, 0.6) is 0 Å². The molecule has 0 bridgehead atoms. The molecule has 2 heterocycles. The average molecular weight is 499 g/mol. The summed E-state index contributed by atoms with van der Waals surface area (Å²) in [6.07, 6.45) is 1.08. The van der Waals surface area contributed by atoms with Crippen molar-refractivity contribution in [1.29, 1.82) is 5.26 Å². The molecule has 10 heteroatoms. The van der Waals surface area contributed by atoms with Crippen molar-refractivity contribution >= 4 is 21.8 Å². The zero-order valence-corrected chi connectivity index (χ0v) is 20.4. The number of carbonyl (C=O) groups is 2. The summed E-state index contributed by atoms with van der Waals surface area (Å²) in [5, 5.41) is 11.7. The Hall–Kier alpha value is -3.29. The first-order valence-electron chi connectivity index (χ1n) is 11.5. The molecule has 2 aromatic rings. The number of likely N-dealkylation sites (tertiary alicyclic amines) is 1. The van der Waals surface area contributed by atoms with E-state index < -0.39 is 33.8 Å². The highest BCUT2D eigenvalue weighted by atomic mass is 32.2. The van der Waals surface area contributed by atoms with Crippen LogP contribution in [0.3, 0.4) is 0 Å². The van der Waals surface area contributed by atoms with Gasteiger partial charge < -0.3 is 10.2 Å². The molecule has 35 heavy (non-hydrogen) atoms. The molecule has 2 fully saturated rings. The Morgan fingerprint density at radius 1 is 1.20 bits per heavy atom. The number of nitrogens with one attached hydrogen (secondary N) is 1. The average Bonchev–Trinajstić information content (AvgIpc) is 3.28. The molecule has 8 nitrogen and oxygen atoms in total. The molecule has 2 aliphatic heterocycles. The minimum atomic E-state index is -3.81. The summed E-state index contributed by atoms with van der Waals surface area (Å²) in [5.41, 5.74) is 1.31. The molecule has 4 rings (SSSR count). The van der Waals surface area contributed by atoms with Gasteiger partial charge in [0.2, 0.25) is 15.9 Å². The molecule has 184 valence electrons. The van der Waals surface area contributed by atoms with Crippen molar-refractivity contribution < 1.29 is 22.4 Å². The zero-order valence-electron chi connectivity index (χ0n) is 19.6. The summed E-state index contributed by atoms with van der Waals surface area (Å²) in [6.45, 7) is 4.09. The van der Waals surface area contributed by atoms with Gasteiger partial charge in [0.25, 0.3) is 5.91 Å². The Balaban J connectivity index is 1.48. The Kier molecular flexibility index (Phi) is 6.92. The van der Waals surface area contributed by atoms with Crippen molar-refractivity contribution in [2.45, 2.75) is 43.7 Å². The van der Waals surface area contributed by atoms with E-state index in [0.29, 0.717) is 24.9 Å². The van der Waals surface area contributed by atoms with E-state index in [2.05, 4.69) is 5.32 Å². The van der Waals surface area contributed by atoms with E-state index in [1.54, 1.807) is 26.0 Å². The Labute approximate surface area is 204 Å². The summed E-state index contributed by atoms with van der Waals surface area (Å²) in [4.78, 5) is 27.7. The number of sulfonamides is 1. The van der Waals surface area contributed by atoms with E-state index in [9.17, 15) is 22.4 Å². The number of amides is 2. The van der Waals surface area contributed by atoms with Gasteiger partial charge in [0.1, 0.15) is 11.9 Å². The first-order chi connectivity index (χ1) is 16.6. The minimum absolute atomic E-state index is 0.0246. The summed E-state index contributed by atoms with van der Waals surface area (Å²) in [7, 11) is -3.81. The van der Waals surface area contributed by atoms with Crippen LogP contribution in [-0.2, 0) is 14.8 Å². The van der Waals surface area contributed by atoms with Crippen LogP contribution >= 0.6 is 0 Å². The van der Waals surface area contributed by atoms with Crippen LogP contribution in [-0.4, -0.2) is 55.1 Å². The van der Waals surface area contributed by atoms with E-state index in [1.807, 2.05) is 6.07 Å². The number of hydrogen-bond acceptors (Lipinski definition) is 5. The van der Waals surface area contributed by atoms with Crippen LogP contribution in [0.25, 0.3) is 0 Å². The highest BCUT2D eigenvalue weighted by molar-refractivity contribution is 7.89. The molecule has 2 amide bonds. The zero-order chi connectivity index (χ0) is 25.3. The van der Waals surface area contributed by atoms with E-state index in [-0.39, 0.29) is 35.4 Å². The first-order valence-corrected chi connectivity index (χ1v) is 12.9. The number of nitriles is 1. The second-order valence-electron chi connectivity index (χ2n) is 9.09. The topological polar surface area (TPSA) is 111 Å². The van der Waals surface area contributed by atoms with Crippen LogP contribution in [0.2, 0.25) is 0 Å². The van der Waals surface area contributed by atoms with E-state index >= 15 is 0 Å². The summed E-state index contributed by atoms with van der Waals surface area (Å²) in [6, 6.07) is 11.3. The van der Waals surface area contributed by atoms with E-state index in [0.717, 1.165) is 5.56 Å². The molecule has 0 radical (unpaired) electrons. The molecular formula is C25H27FN4O4S. The van der Waals surface area contributed by atoms with Crippen LogP contribution < -0.4 is 5.32 Å². The van der Waals surface area contributed by atoms with Gasteiger partial charge in [-0.15, -0.1) is 0 Å². The predicted octanol–water partition coefficient (Wildman–Crippen LogP) is 2.76. The number of nitrogens with zero attached hydrogens (tertiary/aromatic N) is 3. The van der Waals surface area contributed by atoms with Gasteiger partial charge in [-0.3, -0.25) is 9.59 Å². The summed E-state index contributed by atoms with van der Waals surface area (Å²) >= 11 is 0. The van der Waals surface area contributed by atoms with Crippen LogP contribution in [0.15, 0.2) is 47.4 Å². The van der Waals surface area contributed by atoms with Crippen molar-refractivity contribution in [3.8, 4) is 6.07 Å². The van der Waals surface area contributed by atoms with E-state index in [1.165, 1.54) is 39.5 Å². The standard InChI is InChI=1S/C25H27FN4O4S/c1-16-8-9-21(22(26)11-16)17(2)28-24(31)23-7-4-10-30(23)25(32)19-5-3-6-20(12-19)35(33,34)29-14-18(13-27)15-29/h3,5-6,8-9,11-12,17-18,23H,4,7,10,14-15H2,1-2H3,(H,28,31)/t17?,23-/m1/s1. The maximum atomic E-state index is 14.3. The lowest BCUT2D eigenvalue weighted by molar-refractivity contribution is -0.125. The lowest BCUT2D eigenvalue weighted by Crippen LogP contribution is -2.49. The number of benzene rings is 2. The van der Waals surface area contributed by atoms with Crippen molar-refractivity contribution in [2.24, 2.45) is 5.92 Å². The second kappa shape index (κ2) is 9.76. The third-order valence-electron chi connectivity index (χ3n) is 6.55. The van der Waals surface area contributed by atoms with Gasteiger partial charge >= 0.3 is 0 Å². The normalized spacial score (nSPS) is 19.6. The Morgan fingerprint density at radius 2 is 1.94 bits per heavy atom. The minimum Gasteiger partial charge on any atom is -0.348 e. The molecule has 1 unspecified atom stereocenters. The van der Waals surface area contributed by atoms with Crippen molar-refractivity contribution in [2.75, 3.05) is 19.6 Å². The fraction of sp³-hybridized carbons (Fsp3) is 0.400. The molecular weight excluding hydrogens is 471 g/mol. The molecule has 0 aliphatic carbocycles. The Bertz CT molecular complexity index is 1300. The van der Waals surface area contributed by atoms with Gasteiger partial charge in [-0.1, -0.05) is 18.2 Å². The third kappa shape index (κ3) is 4.92. The largest absolute Gasteiger partial charge is 0.348 e. The number of rotatable bonds is 6. The third-order valence-corrected chi connectivity index (χ3v) is 8.37. The number of hydrogen-bond donors (Lipinski definition) is 1. The number of aryl methyl sites for hydroxylation is 1. The first kappa shape index (κ1) is 24.8. The van der Waals surface area contributed by atoms with Gasteiger partial charge in [0, 0.05) is 30.8 Å². The molecule has 0 spiro atoms. The molecule has 2 saturated heterocycles. The van der Waals surface area contributed by atoms with Gasteiger partial charge in [0.05, 0.1) is 22.9 Å². The smallest absolute Gasteiger partial charge is 0.254 e. The summed E-state index contributed by atoms with van der Waals surface area (Å²) in [5.74, 6) is -1.55. The van der Waals surface area contributed by atoms with Gasteiger partial charge in [0.15, 0.2) is 0 Å². The maximum absolute atomic E-state index is 14.3. The fourth-order valence-corrected chi connectivity index (χ4v) is 6.05. The van der Waals surface area contributed by atoms with Crippen molar-refractivity contribution in [3.05, 3.63) is 65.0 Å². The Morgan fingerprint density at radius 3 is 2.63 bits per heavy atom. The molecule has 2 atom stereocenters. The fourth-order valence-electron chi connectivity index (χ4n) is 4.47. The lowest BCUT2D eigenvalue weighted by Gasteiger charge is -2.34. The maximum Gasteiger partial charge on any atom is 0.254 e. The second-order valence-corrected chi connectivity index (χ2v) is 11.0. The van der Waals surface area contributed by atoms with Crippen molar-refractivity contribution in [3.63, 3.8) is 0 Å². The van der Waals surface area contributed by atoms with Crippen molar-refractivity contribution in [1.82, 2.24) is 14.5 Å². The quantitative estimate of drug-likeness (QED) is 0.659. The molecule has 1 N–H and O–H groups in total. The number of halogens is 1. The lowest BCUT2D eigenvalue weighted by atomic mass is 10.0. The number of carbonyl (C=O) groups excluding carboxylic acids is 2. The summed E-state index contributed by atoms with van der Waals surface area (Å²) < 4.78 is 41.2. The van der Waals surface area contributed by atoms with Gasteiger partial charge in [-0.25, -0.2) is 12.8 Å². The van der Waals surface area contributed by atoms with Gasteiger partial charge in [-0.2, -0.15) is 9.57 Å². The molecule has 2 aliphatic rings. The molecule has 0 saturated carbocycles. The monoisotopic (exact) mass is 498 g/mol. The van der Waals surface area contributed by atoms with Crippen LogP contribution in [0, 0.1) is 30.0 Å². The SMILES string of the molecule is Cc1ccc(C(C)NC(=O)[C@H]2CCCN2C(=O)c2cccc(S(=O)(=O)N3CC(C#N)C3)c2)c(F)c1. The van der Waals surface area contributed by atoms with E-state index in [4.69, 9.17) is 5.26 Å². The highest BCUT2D eigenvalue weighted by Gasteiger charge is 2.38. The van der Waals surface area contributed by atoms with Crippen LogP contribution in [0.4, 0.5) is 4.39 Å².